The third kappa shape index (κ3) is 2.96. The minimum atomic E-state index is -1.06. The quantitative estimate of drug-likeness (QED) is 0.923. The first kappa shape index (κ1) is 14.5. The average Bonchev–Trinajstić information content (AvgIpc) is 2.43. The maximum Gasteiger partial charge on any atom is 0.159 e. The van der Waals surface area contributed by atoms with Crippen molar-refractivity contribution in [2.45, 2.75) is 20.0 Å². The number of hydrogen-bond acceptors (Lipinski definition) is 2. The summed E-state index contributed by atoms with van der Waals surface area (Å²) in [7, 11) is 0. The van der Waals surface area contributed by atoms with Gasteiger partial charge in [0, 0.05) is 5.56 Å². The van der Waals surface area contributed by atoms with Crippen molar-refractivity contribution in [1.29, 1.82) is 0 Å². The van der Waals surface area contributed by atoms with Gasteiger partial charge in [0.25, 0.3) is 0 Å². The Labute approximate surface area is 116 Å². The largest absolute Gasteiger partial charge is 0.493 e. The van der Waals surface area contributed by atoms with Crippen molar-refractivity contribution in [3.63, 3.8) is 0 Å². The summed E-state index contributed by atoms with van der Waals surface area (Å²) >= 11 is 0. The van der Waals surface area contributed by atoms with E-state index in [1.807, 2.05) is 19.9 Å². The summed E-state index contributed by atoms with van der Waals surface area (Å²) in [5.74, 6) is -1.38. The summed E-state index contributed by atoms with van der Waals surface area (Å²) in [6.45, 7) is 4.19. The Hall–Kier alpha value is -1.94. The first-order valence-corrected chi connectivity index (χ1v) is 6.39. The van der Waals surface area contributed by atoms with Crippen LogP contribution in [0.15, 0.2) is 36.4 Å². The molecule has 0 aliphatic heterocycles. The van der Waals surface area contributed by atoms with Crippen LogP contribution in [0.2, 0.25) is 0 Å². The van der Waals surface area contributed by atoms with Gasteiger partial charge in [-0.25, -0.2) is 8.78 Å². The fraction of sp³-hybridized carbons (Fsp3) is 0.250. The normalized spacial score (nSPS) is 12.2. The van der Waals surface area contributed by atoms with E-state index in [0.717, 1.165) is 17.7 Å². The molecule has 0 saturated carbocycles. The van der Waals surface area contributed by atoms with E-state index in [2.05, 4.69) is 0 Å². The number of hydrogen-bond donors (Lipinski definition) is 1. The second kappa shape index (κ2) is 6.01. The standard InChI is InChI=1S/C16H16F2O2/c1-3-20-15-7-4-10(2)8-12(15)16(19)11-5-6-13(17)14(18)9-11/h4-9,16,19H,3H2,1-2H3. The molecule has 2 aromatic rings. The summed E-state index contributed by atoms with van der Waals surface area (Å²) in [5, 5.41) is 10.4. The van der Waals surface area contributed by atoms with Gasteiger partial charge in [0.2, 0.25) is 0 Å². The average molecular weight is 278 g/mol. The summed E-state index contributed by atoms with van der Waals surface area (Å²) < 4.78 is 31.7. The molecule has 0 spiro atoms. The van der Waals surface area contributed by atoms with E-state index < -0.39 is 17.7 Å². The fourth-order valence-corrected chi connectivity index (χ4v) is 2.03. The number of ether oxygens (including phenoxy) is 1. The van der Waals surface area contributed by atoms with Gasteiger partial charge in [0.1, 0.15) is 11.9 Å². The Kier molecular flexibility index (Phi) is 4.35. The van der Waals surface area contributed by atoms with Gasteiger partial charge in [-0.15, -0.1) is 0 Å². The van der Waals surface area contributed by atoms with Crippen LogP contribution in [0.1, 0.15) is 29.7 Å². The Morgan fingerprint density at radius 3 is 2.50 bits per heavy atom. The molecular weight excluding hydrogens is 262 g/mol. The first-order chi connectivity index (χ1) is 9.52. The smallest absolute Gasteiger partial charge is 0.159 e. The zero-order valence-electron chi connectivity index (χ0n) is 11.4. The number of benzene rings is 2. The minimum Gasteiger partial charge on any atom is -0.493 e. The second-order valence-corrected chi connectivity index (χ2v) is 4.55. The van der Waals surface area contributed by atoms with Crippen LogP contribution in [0.5, 0.6) is 5.75 Å². The van der Waals surface area contributed by atoms with E-state index >= 15 is 0 Å². The third-order valence-electron chi connectivity index (χ3n) is 3.02. The monoisotopic (exact) mass is 278 g/mol. The lowest BCUT2D eigenvalue weighted by atomic mass is 9.99. The highest BCUT2D eigenvalue weighted by Crippen LogP contribution is 2.31. The lowest BCUT2D eigenvalue weighted by Gasteiger charge is -2.17. The molecule has 0 amide bonds. The van der Waals surface area contributed by atoms with E-state index in [-0.39, 0.29) is 5.56 Å². The molecule has 20 heavy (non-hydrogen) atoms. The number of aliphatic hydroxyl groups is 1. The van der Waals surface area contributed by atoms with Crippen LogP contribution in [0, 0.1) is 18.6 Å². The molecule has 1 atom stereocenters. The van der Waals surface area contributed by atoms with Gasteiger partial charge >= 0.3 is 0 Å². The number of aliphatic hydroxyl groups excluding tert-OH is 1. The highest BCUT2D eigenvalue weighted by atomic mass is 19.2. The van der Waals surface area contributed by atoms with Crippen molar-refractivity contribution in [2.75, 3.05) is 6.61 Å². The molecule has 4 heteroatoms. The van der Waals surface area contributed by atoms with Crippen LogP contribution >= 0.6 is 0 Å². The lowest BCUT2D eigenvalue weighted by Crippen LogP contribution is -2.05. The van der Waals surface area contributed by atoms with Crippen LogP contribution in [-0.4, -0.2) is 11.7 Å². The van der Waals surface area contributed by atoms with Crippen LogP contribution in [0.4, 0.5) is 8.78 Å². The summed E-state index contributed by atoms with van der Waals surface area (Å²) in [4.78, 5) is 0. The van der Waals surface area contributed by atoms with Gasteiger partial charge in [-0.3, -0.25) is 0 Å². The zero-order chi connectivity index (χ0) is 14.7. The van der Waals surface area contributed by atoms with Crippen LogP contribution in [0.25, 0.3) is 0 Å². The molecule has 106 valence electrons. The molecule has 2 nitrogen and oxygen atoms in total. The number of aryl methyl sites for hydroxylation is 1. The summed E-state index contributed by atoms with van der Waals surface area (Å²) in [6.07, 6.45) is -1.06. The summed E-state index contributed by atoms with van der Waals surface area (Å²) in [5.41, 5.74) is 1.78. The van der Waals surface area contributed by atoms with Gasteiger partial charge in [-0.2, -0.15) is 0 Å². The van der Waals surface area contributed by atoms with E-state index in [0.29, 0.717) is 17.9 Å². The van der Waals surface area contributed by atoms with E-state index in [1.165, 1.54) is 6.07 Å². The molecule has 0 aliphatic carbocycles. The van der Waals surface area contributed by atoms with E-state index in [4.69, 9.17) is 4.74 Å². The van der Waals surface area contributed by atoms with Crippen molar-refractivity contribution in [2.24, 2.45) is 0 Å². The third-order valence-corrected chi connectivity index (χ3v) is 3.02. The van der Waals surface area contributed by atoms with Crippen molar-refractivity contribution in [3.8, 4) is 5.75 Å². The highest BCUT2D eigenvalue weighted by Gasteiger charge is 2.17. The molecule has 0 saturated heterocycles. The molecular formula is C16H16F2O2. The topological polar surface area (TPSA) is 29.5 Å². The Bertz CT molecular complexity index is 611. The minimum absolute atomic E-state index is 0.287. The van der Waals surface area contributed by atoms with Crippen molar-refractivity contribution < 1.29 is 18.6 Å². The van der Waals surface area contributed by atoms with E-state index in [9.17, 15) is 13.9 Å². The van der Waals surface area contributed by atoms with Gasteiger partial charge in [-0.05, 0) is 43.7 Å². The number of halogens is 2. The lowest BCUT2D eigenvalue weighted by molar-refractivity contribution is 0.211. The van der Waals surface area contributed by atoms with Gasteiger partial charge in [0.15, 0.2) is 11.6 Å². The highest BCUT2D eigenvalue weighted by molar-refractivity contribution is 5.42. The predicted molar refractivity (Wildman–Crippen MR) is 72.8 cm³/mol. The molecule has 0 radical (unpaired) electrons. The maximum atomic E-state index is 13.3. The van der Waals surface area contributed by atoms with E-state index in [1.54, 1.807) is 12.1 Å². The molecule has 2 aromatic carbocycles. The van der Waals surface area contributed by atoms with Crippen LogP contribution in [-0.2, 0) is 0 Å². The Morgan fingerprint density at radius 1 is 1.10 bits per heavy atom. The Balaban J connectivity index is 2.43. The molecule has 1 N–H and O–H groups in total. The predicted octanol–water partition coefficient (Wildman–Crippen LogP) is 3.75. The molecule has 0 aromatic heterocycles. The number of rotatable bonds is 4. The molecule has 0 bridgehead atoms. The van der Waals surface area contributed by atoms with Crippen molar-refractivity contribution in [1.82, 2.24) is 0 Å². The fourth-order valence-electron chi connectivity index (χ4n) is 2.03. The molecule has 1 unspecified atom stereocenters. The van der Waals surface area contributed by atoms with Gasteiger partial charge in [-0.1, -0.05) is 17.7 Å². The second-order valence-electron chi connectivity index (χ2n) is 4.55. The van der Waals surface area contributed by atoms with Crippen molar-refractivity contribution >= 4 is 0 Å². The molecule has 0 aliphatic rings. The Morgan fingerprint density at radius 2 is 1.85 bits per heavy atom. The van der Waals surface area contributed by atoms with Crippen LogP contribution < -0.4 is 4.74 Å². The zero-order valence-corrected chi connectivity index (χ0v) is 11.4. The van der Waals surface area contributed by atoms with Crippen LogP contribution in [0.3, 0.4) is 0 Å². The first-order valence-electron chi connectivity index (χ1n) is 6.39. The molecule has 0 fully saturated rings. The van der Waals surface area contributed by atoms with Crippen molar-refractivity contribution in [3.05, 3.63) is 64.7 Å². The molecule has 2 rings (SSSR count). The SMILES string of the molecule is CCOc1ccc(C)cc1C(O)c1ccc(F)c(F)c1. The van der Waals surface area contributed by atoms with Gasteiger partial charge < -0.3 is 9.84 Å². The molecule has 0 heterocycles. The van der Waals surface area contributed by atoms with Gasteiger partial charge in [0.05, 0.1) is 6.61 Å². The summed E-state index contributed by atoms with van der Waals surface area (Å²) in [6, 6.07) is 8.77. The maximum absolute atomic E-state index is 13.3.